The van der Waals surface area contributed by atoms with Crippen LogP contribution in [0.2, 0.25) is 0 Å². The van der Waals surface area contributed by atoms with Crippen molar-refractivity contribution in [3.8, 4) is 0 Å². The Bertz CT molecular complexity index is 813. The normalized spacial score (nSPS) is 11.3. The zero-order chi connectivity index (χ0) is 15.0. The van der Waals surface area contributed by atoms with Crippen LogP contribution in [0.3, 0.4) is 0 Å². The molecule has 2 rings (SSSR count). The first kappa shape index (κ1) is 20.1. The van der Waals surface area contributed by atoms with E-state index in [2.05, 4.69) is 10.3 Å². The van der Waals surface area contributed by atoms with E-state index in [1.165, 1.54) is 30.9 Å². The molecule has 0 aliphatic heterocycles. The number of carbonyl (C=O) groups excluding carboxylic acids is 1. The molecular formula is C12H17Cl2N5O3. The molecule has 2 heterocycles. The van der Waals surface area contributed by atoms with Gasteiger partial charge in [0.2, 0.25) is 5.91 Å². The smallest absolute Gasteiger partial charge is 0.323 e. The van der Waals surface area contributed by atoms with Gasteiger partial charge in [0.15, 0.2) is 0 Å². The van der Waals surface area contributed by atoms with Crippen LogP contribution >= 0.6 is 24.8 Å². The van der Waals surface area contributed by atoms with Gasteiger partial charge in [0.25, 0.3) is 5.56 Å². The number of hydrogen-bond donors (Lipinski definition) is 2. The Balaban J connectivity index is 0.00000220. The minimum absolute atomic E-state index is 0. The molecule has 0 saturated carbocycles. The molecule has 1 atom stereocenters. The fourth-order valence-corrected chi connectivity index (χ4v) is 1.79. The van der Waals surface area contributed by atoms with Crippen LogP contribution in [0.4, 0.5) is 5.69 Å². The third kappa shape index (κ3) is 3.46. The number of fused-ring (bicyclic) bond motifs is 1. The fourth-order valence-electron chi connectivity index (χ4n) is 1.79. The van der Waals surface area contributed by atoms with E-state index in [-0.39, 0.29) is 41.8 Å². The van der Waals surface area contributed by atoms with Gasteiger partial charge in [0, 0.05) is 14.1 Å². The molecule has 0 aliphatic rings. The fraction of sp³-hybridized carbons (Fsp3) is 0.333. The molecule has 0 saturated heterocycles. The van der Waals surface area contributed by atoms with Crippen molar-refractivity contribution in [2.45, 2.75) is 13.0 Å². The number of carbonyl (C=O) groups is 1. The van der Waals surface area contributed by atoms with Crippen molar-refractivity contribution in [2.24, 2.45) is 19.8 Å². The van der Waals surface area contributed by atoms with Gasteiger partial charge in [-0.25, -0.2) is 9.78 Å². The number of aryl methyl sites for hydroxylation is 1. The number of hydrogen-bond acceptors (Lipinski definition) is 5. The largest absolute Gasteiger partial charge is 0.332 e. The third-order valence-electron chi connectivity index (χ3n) is 2.97. The average molecular weight is 350 g/mol. The van der Waals surface area contributed by atoms with Crippen molar-refractivity contribution in [2.75, 3.05) is 5.32 Å². The first-order chi connectivity index (χ1) is 9.32. The highest BCUT2D eigenvalue weighted by Gasteiger charge is 2.12. The zero-order valence-corrected chi connectivity index (χ0v) is 13.8. The Morgan fingerprint density at radius 1 is 1.27 bits per heavy atom. The minimum atomic E-state index is -0.673. The van der Waals surface area contributed by atoms with E-state index in [9.17, 15) is 14.4 Å². The van der Waals surface area contributed by atoms with Crippen LogP contribution in [-0.2, 0) is 18.9 Å². The number of nitrogens with zero attached hydrogens (tertiary/aromatic N) is 3. The predicted molar refractivity (Wildman–Crippen MR) is 89.0 cm³/mol. The number of rotatable bonds is 2. The van der Waals surface area contributed by atoms with Gasteiger partial charge >= 0.3 is 5.69 Å². The molecule has 0 aliphatic carbocycles. The van der Waals surface area contributed by atoms with Gasteiger partial charge in [-0.15, -0.1) is 24.8 Å². The van der Waals surface area contributed by atoms with Crippen LogP contribution in [-0.4, -0.2) is 26.1 Å². The second-order valence-corrected chi connectivity index (χ2v) is 4.58. The number of aromatic nitrogens is 3. The molecule has 22 heavy (non-hydrogen) atoms. The number of halogens is 2. The maximum atomic E-state index is 12.0. The van der Waals surface area contributed by atoms with Gasteiger partial charge < -0.3 is 11.1 Å². The van der Waals surface area contributed by atoms with Crippen molar-refractivity contribution in [1.29, 1.82) is 0 Å². The van der Waals surface area contributed by atoms with Gasteiger partial charge in [0.05, 0.1) is 23.3 Å². The maximum absolute atomic E-state index is 12.0. The summed E-state index contributed by atoms with van der Waals surface area (Å²) in [5.74, 6) is -0.382. The molecule has 0 spiro atoms. The van der Waals surface area contributed by atoms with Crippen LogP contribution in [0, 0.1) is 0 Å². The van der Waals surface area contributed by atoms with Crippen molar-refractivity contribution < 1.29 is 4.79 Å². The summed E-state index contributed by atoms with van der Waals surface area (Å²) < 4.78 is 2.26. The standard InChI is InChI=1S/C12H15N5O3.2ClH/c1-6(13)10(18)15-7-4-8-9(14-5-7)16(2)12(20)17(3)11(8)19;;/h4-6H,13H2,1-3H3,(H,15,18);2*1H. The number of amides is 1. The summed E-state index contributed by atoms with van der Waals surface area (Å²) in [6.45, 7) is 1.55. The molecule has 2 aromatic rings. The van der Waals surface area contributed by atoms with E-state index in [1.54, 1.807) is 6.92 Å². The summed E-state index contributed by atoms with van der Waals surface area (Å²) in [6, 6.07) is 0.804. The van der Waals surface area contributed by atoms with Crippen LogP contribution < -0.4 is 22.3 Å². The van der Waals surface area contributed by atoms with Gasteiger partial charge in [0.1, 0.15) is 5.65 Å². The Labute approximate surface area is 138 Å². The number of nitrogens with one attached hydrogen (secondary N) is 1. The van der Waals surface area contributed by atoms with Crippen molar-refractivity contribution >= 4 is 47.4 Å². The Morgan fingerprint density at radius 3 is 2.41 bits per heavy atom. The van der Waals surface area contributed by atoms with Crippen molar-refractivity contribution in [3.63, 3.8) is 0 Å². The molecule has 2 aromatic heterocycles. The first-order valence-corrected chi connectivity index (χ1v) is 5.95. The summed E-state index contributed by atoms with van der Waals surface area (Å²) in [4.78, 5) is 39.4. The number of pyridine rings is 1. The highest BCUT2D eigenvalue weighted by molar-refractivity contribution is 5.95. The summed E-state index contributed by atoms with van der Waals surface area (Å²) in [5, 5.41) is 2.80. The lowest BCUT2D eigenvalue weighted by Crippen LogP contribution is -2.37. The molecule has 3 N–H and O–H groups in total. The van der Waals surface area contributed by atoms with E-state index < -0.39 is 17.3 Å². The Hall–Kier alpha value is -1.90. The van der Waals surface area contributed by atoms with Crippen LogP contribution in [0.5, 0.6) is 0 Å². The highest BCUT2D eigenvalue weighted by atomic mass is 35.5. The highest BCUT2D eigenvalue weighted by Crippen LogP contribution is 2.11. The Kier molecular flexibility index (Phi) is 6.75. The lowest BCUT2D eigenvalue weighted by Gasteiger charge is -2.10. The molecule has 1 amide bonds. The second-order valence-electron chi connectivity index (χ2n) is 4.58. The molecule has 1 unspecified atom stereocenters. The minimum Gasteiger partial charge on any atom is -0.323 e. The predicted octanol–water partition coefficient (Wildman–Crippen LogP) is -0.239. The van der Waals surface area contributed by atoms with E-state index in [0.29, 0.717) is 5.69 Å². The lowest BCUT2D eigenvalue weighted by molar-refractivity contribution is -0.117. The topological polar surface area (TPSA) is 112 Å². The van der Waals surface area contributed by atoms with E-state index in [0.717, 1.165) is 4.57 Å². The van der Waals surface area contributed by atoms with Gasteiger partial charge in [-0.05, 0) is 13.0 Å². The van der Waals surface area contributed by atoms with Gasteiger partial charge in [-0.1, -0.05) is 0 Å². The molecule has 10 heteroatoms. The third-order valence-corrected chi connectivity index (χ3v) is 2.97. The van der Waals surface area contributed by atoms with Gasteiger partial charge in [-0.3, -0.25) is 18.7 Å². The van der Waals surface area contributed by atoms with E-state index >= 15 is 0 Å². The van der Waals surface area contributed by atoms with Crippen molar-refractivity contribution in [3.05, 3.63) is 33.1 Å². The molecule has 0 aromatic carbocycles. The van der Waals surface area contributed by atoms with E-state index in [4.69, 9.17) is 5.73 Å². The summed E-state index contributed by atoms with van der Waals surface area (Å²) in [6.07, 6.45) is 1.38. The van der Waals surface area contributed by atoms with Gasteiger partial charge in [-0.2, -0.15) is 0 Å². The molecule has 0 bridgehead atoms. The van der Waals surface area contributed by atoms with Crippen molar-refractivity contribution in [1.82, 2.24) is 14.1 Å². The quantitative estimate of drug-likeness (QED) is 0.777. The number of anilines is 1. The number of nitrogens with two attached hydrogens (primary N) is 1. The maximum Gasteiger partial charge on any atom is 0.332 e. The molecule has 122 valence electrons. The van der Waals surface area contributed by atoms with E-state index in [1.807, 2.05) is 0 Å². The summed E-state index contributed by atoms with van der Waals surface area (Å²) >= 11 is 0. The average Bonchev–Trinajstić information content (AvgIpc) is 2.42. The monoisotopic (exact) mass is 349 g/mol. The van der Waals surface area contributed by atoms with Crippen LogP contribution in [0.1, 0.15) is 6.92 Å². The summed E-state index contributed by atoms with van der Waals surface area (Å²) in [5.41, 5.74) is 5.15. The van der Waals surface area contributed by atoms with Crippen LogP contribution in [0.25, 0.3) is 11.0 Å². The Morgan fingerprint density at radius 2 is 1.86 bits per heavy atom. The summed E-state index contributed by atoms with van der Waals surface area (Å²) in [7, 11) is 2.91. The molecule has 0 radical (unpaired) electrons. The second kappa shape index (κ2) is 7.39. The molecular weight excluding hydrogens is 333 g/mol. The lowest BCUT2D eigenvalue weighted by atomic mass is 10.2. The van der Waals surface area contributed by atoms with Crippen LogP contribution in [0.15, 0.2) is 21.9 Å². The SMILES string of the molecule is CC(N)C(=O)Nc1cnc2c(c1)c(=O)n(C)c(=O)n2C.Cl.Cl. The molecule has 0 fully saturated rings. The molecule has 8 nitrogen and oxygen atoms in total. The first-order valence-electron chi connectivity index (χ1n) is 5.95. The zero-order valence-electron chi connectivity index (χ0n) is 12.2.